The van der Waals surface area contributed by atoms with E-state index in [1.807, 2.05) is 5.32 Å². The number of carbonyl (C=O) groups is 18. The van der Waals surface area contributed by atoms with Crippen molar-refractivity contribution in [1.29, 1.82) is 0 Å². The second-order valence-electron chi connectivity index (χ2n) is 24.4. The largest absolute Gasteiger partial charge is 0.481 e. The average Bonchev–Trinajstić information content (AvgIpc) is 0.873. The highest BCUT2D eigenvalue weighted by molar-refractivity contribution is 6.01. The summed E-state index contributed by atoms with van der Waals surface area (Å²) in [6.45, 7) is 12.0. The minimum absolute atomic E-state index is 0.0534. The quantitative estimate of drug-likeness (QED) is 0.0153. The third kappa shape index (κ3) is 36.5. The molecule has 41 nitrogen and oxygen atoms in total. The molecular weight excluding hydrogens is 1320 g/mol. The fourth-order valence-electron chi connectivity index (χ4n) is 8.87. The number of hydrogen-bond acceptors (Lipinski definition) is 21. The molecule has 0 spiro atoms. The van der Waals surface area contributed by atoms with Crippen molar-refractivity contribution in [2.75, 3.05) is 13.2 Å². The summed E-state index contributed by atoms with van der Waals surface area (Å²) in [5.74, 6) is -24.5. The summed E-state index contributed by atoms with van der Waals surface area (Å²) >= 11 is 0. The van der Waals surface area contributed by atoms with E-state index in [4.69, 9.17) is 22.9 Å². The Bertz CT molecular complexity index is 2930. The van der Waals surface area contributed by atoms with Crippen LogP contribution in [-0.4, -0.2) is 235 Å². The van der Waals surface area contributed by atoms with Crippen LogP contribution in [0.2, 0.25) is 0 Å². The van der Waals surface area contributed by atoms with E-state index in [1.54, 1.807) is 41.5 Å². The van der Waals surface area contributed by atoms with Crippen molar-refractivity contribution in [2.24, 2.45) is 45.7 Å². The molecule has 0 fully saturated rings. The third-order valence-corrected chi connectivity index (χ3v) is 14.0. The molecule has 0 saturated heterocycles. The van der Waals surface area contributed by atoms with Crippen molar-refractivity contribution in [1.82, 2.24) is 63.8 Å². The molecule has 0 saturated carbocycles. The van der Waals surface area contributed by atoms with E-state index >= 15 is 0 Å². The molecule has 13 atom stereocenters. The van der Waals surface area contributed by atoms with Crippen molar-refractivity contribution in [3.05, 3.63) is 0 Å². The molecule has 0 aliphatic rings. The number of nitrogens with two attached hydrogens (primary N) is 4. The van der Waals surface area contributed by atoms with Gasteiger partial charge in [-0.15, -0.1) is 0 Å². The lowest BCUT2D eigenvalue weighted by Crippen LogP contribution is -2.61. The molecule has 0 aliphatic heterocycles. The van der Waals surface area contributed by atoms with E-state index in [1.165, 1.54) is 0 Å². The lowest BCUT2D eigenvalue weighted by atomic mass is 10.0. The maximum absolute atomic E-state index is 14.0. The van der Waals surface area contributed by atoms with Gasteiger partial charge in [-0.2, -0.15) is 0 Å². The minimum Gasteiger partial charge on any atom is -0.481 e. The fraction of sp³-hybridized carbons (Fsp3) is 0.672. The van der Waals surface area contributed by atoms with Crippen LogP contribution in [0, 0.1) is 17.8 Å². The number of primary amides is 1. The van der Waals surface area contributed by atoms with Crippen molar-refractivity contribution in [3.8, 4) is 0 Å². The van der Waals surface area contributed by atoms with E-state index < -0.39 is 249 Å². The number of hydrogen-bond donors (Lipinski definition) is 22. The first-order valence-corrected chi connectivity index (χ1v) is 31.3. The van der Waals surface area contributed by atoms with E-state index in [9.17, 15) is 117 Å². The molecule has 0 bridgehead atoms. The first-order chi connectivity index (χ1) is 45.9. The Kier molecular flexibility index (Phi) is 39.8. The van der Waals surface area contributed by atoms with Crippen LogP contribution in [0.4, 0.5) is 0 Å². The molecule has 0 heterocycles. The van der Waals surface area contributed by atoms with Crippen LogP contribution in [0.5, 0.6) is 0 Å². The highest BCUT2D eigenvalue weighted by Crippen LogP contribution is 2.12. The Morgan fingerprint density at radius 3 is 0.980 bits per heavy atom. The number of carbonyl (C=O) groups excluding carboxylic acids is 13. The lowest BCUT2D eigenvalue weighted by Gasteiger charge is -2.28. The van der Waals surface area contributed by atoms with Gasteiger partial charge in [0, 0.05) is 19.4 Å². The van der Waals surface area contributed by atoms with Gasteiger partial charge >= 0.3 is 29.8 Å². The van der Waals surface area contributed by atoms with Crippen molar-refractivity contribution in [2.45, 2.75) is 218 Å². The summed E-state index contributed by atoms with van der Waals surface area (Å²) in [6.07, 6.45) is -6.65. The highest BCUT2D eigenvalue weighted by Gasteiger charge is 2.38. The summed E-state index contributed by atoms with van der Waals surface area (Å²) in [6, 6.07) is -22.2. The predicted molar refractivity (Wildman–Crippen MR) is 343 cm³/mol. The van der Waals surface area contributed by atoms with Crippen LogP contribution in [0.3, 0.4) is 0 Å². The number of aliphatic hydroxyl groups is 1. The van der Waals surface area contributed by atoms with Crippen LogP contribution in [-0.2, 0) is 86.3 Å². The Hall–Kier alpha value is -10.3. The summed E-state index contributed by atoms with van der Waals surface area (Å²) in [5.41, 5.74) is 21.9. The van der Waals surface area contributed by atoms with Gasteiger partial charge in [0.25, 0.3) is 0 Å². The van der Waals surface area contributed by atoms with E-state index in [0.29, 0.717) is 0 Å². The molecule has 0 aliphatic carbocycles. The lowest BCUT2D eigenvalue weighted by molar-refractivity contribution is -0.143. The number of aliphatic imine (C=N–C) groups is 1. The van der Waals surface area contributed by atoms with Crippen molar-refractivity contribution in [3.63, 3.8) is 0 Å². The maximum atomic E-state index is 14.0. The Morgan fingerprint density at radius 2 is 0.626 bits per heavy atom. The first kappa shape index (κ1) is 88.6. The first-order valence-electron chi connectivity index (χ1n) is 31.3. The molecule has 0 aromatic carbocycles. The van der Waals surface area contributed by atoms with Gasteiger partial charge < -0.3 is 117 Å². The molecule has 0 unspecified atom stereocenters. The summed E-state index contributed by atoms with van der Waals surface area (Å²) in [7, 11) is 0. The number of guanidine groups is 1. The number of amides is 13. The van der Waals surface area contributed by atoms with Crippen LogP contribution >= 0.6 is 0 Å². The zero-order valence-corrected chi connectivity index (χ0v) is 56.4. The third-order valence-electron chi connectivity index (χ3n) is 14.0. The minimum atomic E-state index is -2.21. The van der Waals surface area contributed by atoms with Crippen molar-refractivity contribution >= 4 is 113 Å². The van der Waals surface area contributed by atoms with Gasteiger partial charge in [0.1, 0.15) is 72.5 Å². The van der Waals surface area contributed by atoms with E-state index in [2.05, 4.69) is 63.5 Å². The summed E-state index contributed by atoms with van der Waals surface area (Å²) in [5, 5.41) is 84.6. The van der Waals surface area contributed by atoms with Gasteiger partial charge in [0.05, 0.1) is 31.9 Å². The molecule has 0 rings (SSSR count). The van der Waals surface area contributed by atoms with Crippen LogP contribution in [0.15, 0.2) is 4.99 Å². The monoisotopic (exact) mass is 1420 g/mol. The summed E-state index contributed by atoms with van der Waals surface area (Å²) < 4.78 is 0. The highest BCUT2D eigenvalue weighted by atomic mass is 16.4. The molecule has 41 heteroatoms. The van der Waals surface area contributed by atoms with Gasteiger partial charge in [-0.05, 0) is 83.5 Å². The molecule has 0 radical (unpaired) electrons. The zero-order chi connectivity index (χ0) is 76.3. The topological polar surface area (TPSA) is 689 Å². The van der Waals surface area contributed by atoms with Gasteiger partial charge in [-0.1, -0.05) is 41.5 Å². The maximum Gasteiger partial charge on any atom is 0.325 e. The van der Waals surface area contributed by atoms with E-state index in [0.717, 1.165) is 20.8 Å². The van der Waals surface area contributed by atoms with Gasteiger partial charge in [0.15, 0.2) is 5.96 Å². The molecule has 0 aromatic heterocycles. The second-order valence-corrected chi connectivity index (χ2v) is 24.4. The van der Waals surface area contributed by atoms with Crippen molar-refractivity contribution < 1.29 is 117 Å². The molecule has 0 aromatic rings. The number of aliphatic carboxylic acids is 5. The van der Waals surface area contributed by atoms with Crippen LogP contribution < -0.4 is 86.7 Å². The van der Waals surface area contributed by atoms with Gasteiger partial charge in [-0.3, -0.25) is 91.3 Å². The fourth-order valence-corrected chi connectivity index (χ4v) is 8.87. The Balaban J connectivity index is 6.82. The Morgan fingerprint density at radius 1 is 0.333 bits per heavy atom. The predicted octanol–water partition coefficient (Wildman–Crippen LogP) is -7.99. The normalized spacial score (nSPS) is 15.0. The molecule has 13 amide bonds. The molecule has 558 valence electrons. The zero-order valence-electron chi connectivity index (χ0n) is 56.4. The van der Waals surface area contributed by atoms with Gasteiger partial charge in [0.2, 0.25) is 76.8 Å². The number of nitrogens with zero attached hydrogens (tertiary/aromatic N) is 1. The van der Waals surface area contributed by atoms with Crippen LogP contribution in [0.25, 0.3) is 0 Å². The number of aliphatic hydroxyl groups excluding tert-OH is 1. The number of rotatable bonds is 48. The number of carboxylic acid groups (broad SMARTS) is 5. The molecule has 26 N–H and O–H groups in total. The SMILES string of the molecule is CC(C)C[C@H](NC(=O)[C@H](C)NC(=O)[C@H](CC(=O)O)NC(=O)[C@H](C)NC(=O)[C@H](CCCN=C(N)N)NC(=O)[C@H](CC(=O)O)NC(=O)[C@H](CC(=O)O)NC(=O)[C@H](CC(C)C)NC(=O)[C@H](CCC(=O)O)NC(=O)[C@H](CO)NC(=O)[C@@H](N)CC(C)C)C(=O)N[C@@H](CCC(N)=O)C(=O)N[C@@H](C)C(=O)O. The molecule has 99 heavy (non-hydrogen) atoms. The molecular formula is C58H97N17O24. The summed E-state index contributed by atoms with van der Waals surface area (Å²) in [4.78, 5) is 238. The van der Waals surface area contributed by atoms with Crippen LogP contribution in [0.1, 0.15) is 139 Å². The van der Waals surface area contributed by atoms with E-state index in [-0.39, 0.29) is 50.5 Å². The number of carboxylic acids is 5. The number of nitrogens with one attached hydrogen (secondary N) is 12. The van der Waals surface area contributed by atoms with Gasteiger partial charge in [-0.25, -0.2) is 0 Å². The Labute approximate surface area is 568 Å². The second kappa shape index (κ2) is 44.5. The standard InChI is InChI=1S/C58H97N17O24/c1-24(2)17-30(59)47(88)75-39(23-76)56(97)69-33(13-15-41(78)79)50(91)72-35(19-26(5)6)53(94)73-38(22-44(84)85)55(96)74-37(21-43(82)83)54(95)67-31(11-10-16-63-58(61)62)48(89)64-27(7)46(87)71-36(20-42(80)81)51(92)65-28(8)45(86)70-34(18-25(3)4)52(93)68-32(12-14-40(60)77)49(90)66-29(9)57(98)99/h24-39,76H,10-23,59H2,1-9H3,(H2,60,77)(H,64,89)(H,65,92)(H,66,90)(H,67,95)(H,68,93)(H,69,97)(H,70,86)(H,71,87)(H,72,91)(H,73,94)(H,74,96)(H,75,88)(H,78,79)(H,80,81)(H,82,83)(H,84,85)(H,98,99)(H4,61,62,63)/t27-,28-,29-,30-,31-,32-,33-,34-,35-,36-,37-,38-,39-/m0/s1. The smallest absolute Gasteiger partial charge is 0.325 e. The average molecular weight is 1420 g/mol.